The topological polar surface area (TPSA) is 46.4 Å². The lowest BCUT2D eigenvalue weighted by Gasteiger charge is -2.33. The monoisotopic (exact) mass is 429 g/mol. The maximum absolute atomic E-state index is 14.3. The van der Waals surface area contributed by atoms with Crippen LogP contribution in [0.3, 0.4) is 0 Å². The summed E-state index contributed by atoms with van der Waals surface area (Å²) in [6.07, 6.45) is 5.40. The highest BCUT2D eigenvalue weighted by molar-refractivity contribution is 6.30. The van der Waals surface area contributed by atoms with Gasteiger partial charge in [0.15, 0.2) is 5.84 Å². The number of hydrogen-bond acceptors (Lipinski definition) is 5. The first-order valence-electron chi connectivity index (χ1n) is 9.18. The first kappa shape index (κ1) is 20.3. The molecule has 5 nitrogen and oxygen atoms in total. The van der Waals surface area contributed by atoms with Crippen LogP contribution in [-0.4, -0.2) is 42.6 Å². The number of nitrogens with zero attached hydrogens (tertiary/aromatic N) is 3. The van der Waals surface area contributed by atoms with Crippen molar-refractivity contribution in [3.63, 3.8) is 0 Å². The van der Waals surface area contributed by atoms with E-state index in [1.54, 1.807) is 35.2 Å². The number of hydrogen-bond donors (Lipinski definition) is 0. The highest BCUT2D eigenvalue weighted by Gasteiger charge is 2.40. The third-order valence-electron chi connectivity index (χ3n) is 4.60. The Morgan fingerprint density at radius 3 is 2.37 bits per heavy atom. The molecule has 0 aromatic heterocycles. The van der Waals surface area contributed by atoms with Gasteiger partial charge < -0.3 is 14.4 Å². The molecule has 0 saturated heterocycles. The van der Waals surface area contributed by atoms with Gasteiger partial charge in [0, 0.05) is 12.1 Å². The summed E-state index contributed by atoms with van der Waals surface area (Å²) >= 11 is 5.89. The van der Waals surface area contributed by atoms with Crippen LogP contribution in [0.25, 0.3) is 5.70 Å². The molecule has 2 aliphatic heterocycles. The van der Waals surface area contributed by atoms with Gasteiger partial charge in [0.1, 0.15) is 23.8 Å². The van der Waals surface area contributed by atoms with Crippen molar-refractivity contribution >= 4 is 28.8 Å². The number of benzene rings is 2. The van der Waals surface area contributed by atoms with E-state index >= 15 is 0 Å². The Hall–Kier alpha value is -3.03. The van der Waals surface area contributed by atoms with Crippen molar-refractivity contribution in [3.8, 4) is 11.5 Å². The maximum Gasteiger partial charge on any atom is 0.312 e. The van der Waals surface area contributed by atoms with Gasteiger partial charge in [-0.25, -0.2) is 0 Å². The van der Waals surface area contributed by atoms with E-state index in [1.165, 1.54) is 7.11 Å². The van der Waals surface area contributed by atoms with Gasteiger partial charge in [-0.05, 0) is 66.2 Å². The first-order chi connectivity index (χ1) is 14.5. The quantitative estimate of drug-likeness (QED) is 0.618. The summed E-state index contributed by atoms with van der Waals surface area (Å²) in [4.78, 5) is 1.71. The minimum Gasteiger partial charge on any atom is -0.457 e. The van der Waals surface area contributed by atoms with Crippen LogP contribution in [-0.2, 0) is 4.74 Å². The van der Waals surface area contributed by atoms with Crippen molar-refractivity contribution in [1.82, 2.24) is 4.90 Å². The van der Waals surface area contributed by atoms with Crippen molar-refractivity contribution < 1.29 is 18.3 Å². The minimum absolute atomic E-state index is 0.0750. The van der Waals surface area contributed by atoms with Crippen LogP contribution < -0.4 is 4.74 Å². The summed E-state index contributed by atoms with van der Waals surface area (Å²) in [5, 5.41) is 8.33. The molecule has 0 saturated carbocycles. The van der Waals surface area contributed by atoms with Crippen molar-refractivity contribution in [3.05, 3.63) is 77.3 Å². The van der Waals surface area contributed by atoms with Gasteiger partial charge >= 0.3 is 5.92 Å². The Labute approximate surface area is 177 Å². The number of fused-ring (bicyclic) bond motifs is 1. The molecule has 0 aliphatic carbocycles. The average Bonchev–Trinajstić information content (AvgIpc) is 2.75. The molecule has 0 atom stereocenters. The third kappa shape index (κ3) is 4.27. The van der Waals surface area contributed by atoms with E-state index in [2.05, 4.69) is 14.9 Å². The predicted molar refractivity (Wildman–Crippen MR) is 113 cm³/mol. The Morgan fingerprint density at radius 1 is 1.03 bits per heavy atom. The molecule has 30 heavy (non-hydrogen) atoms. The van der Waals surface area contributed by atoms with Crippen molar-refractivity contribution in [1.29, 1.82) is 0 Å². The molecule has 0 bridgehead atoms. The smallest absolute Gasteiger partial charge is 0.312 e. The zero-order valence-electron chi connectivity index (χ0n) is 16.1. The van der Waals surface area contributed by atoms with Crippen molar-refractivity contribution in [2.24, 2.45) is 10.2 Å². The van der Waals surface area contributed by atoms with Gasteiger partial charge in [-0.15, -0.1) is 10.2 Å². The molecular formula is C22H18ClF2N3O2. The van der Waals surface area contributed by atoms with Crippen LogP contribution in [0, 0.1) is 0 Å². The minimum atomic E-state index is -3.19. The molecule has 2 heterocycles. The molecule has 8 heteroatoms. The molecule has 0 radical (unpaired) electrons. The normalized spacial score (nSPS) is 15.9. The standard InChI is InChI=1S/C22H18ClF2N3O2/c1-29-14-22(24,25)20-13-28-19(3-2-4-21(28)27-26-20)15-5-9-17(10-6-15)30-18-11-7-16(23)8-12-18/h2-12H,13-14H2,1H3. The Balaban J connectivity index is 1.53. The summed E-state index contributed by atoms with van der Waals surface area (Å²) in [5.41, 5.74) is 1.25. The molecule has 0 N–H and O–H groups in total. The number of ether oxygens (including phenoxy) is 2. The van der Waals surface area contributed by atoms with E-state index < -0.39 is 12.5 Å². The highest BCUT2D eigenvalue weighted by Crippen LogP contribution is 2.30. The number of methoxy groups -OCH3 is 1. The number of rotatable bonds is 6. The van der Waals surface area contributed by atoms with Gasteiger partial charge in [-0.1, -0.05) is 17.7 Å². The lowest BCUT2D eigenvalue weighted by atomic mass is 10.1. The molecule has 2 aliphatic rings. The predicted octanol–water partition coefficient (Wildman–Crippen LogP) is 5.39. The lowest BCUT2D eigenvalue weighted by Crippen LogP contribution is -2.45. The molecule has 0 unspecified atom stereocenters. The van der Waals surface area contributed by atoms with E-state index in [9.17, 15) is 8.78 Å². The average molecular weight is 430 g/mol. The molecular weight excluding hydrogens is 412 g/mol. The van der Waals surface area contributed by atoms with Gasteiger partial charge in [0.25, 0.3) is 0 Å². The number of allylic oxidation sites excluding steroid dienone is 2. The van der Waals surface area contributed by atoms with Crippen LogP contribution in [0.5, 0.6) is 11.5 Å². The fourth-order valence-corrected chi connectivity index (χ4v) is 3.24. The lowest BCUT2D eigenvalue weighted by molar-refractivity contribution is -0.00840. The van der Waals surface area contributed by atoms with Crippen molar-refractivity contribution in [2.75, 3.05) is 20.3 Å². The van der Waals surface area contributed by atoms with Crippen LogP contribution in [0.4, 0.5) is 8.78 Å². The summed E-state index contributed by atoms with van der Waals surface area (Å²) in [7, 11) is 1.23. The zero-order chi connectivity index (χ0) is 21.1. The van der Waals surface area contributed by atoms with E-state index in [0.717, 1.165) is 11.3 Å². The largest absolute Gasteiger partial charge is 0.457 e. The van der Waals surface area contributed by atoms with Crippen LogP contribution in [0.15, 0.2) is 77.0 Å². The summed E-state index contributed by atoms with van der Waals surface area (Å²) < 4.78 is 39.0. The number of halogens is 3. The number of amidine groups is 1. The molecule has 0 amide bonds. The van der Waals surface area contributed by atoms with Gasteiger partial charge in [-0.2, -0.15) is 8.78 Å². The zero-order valence-corrected chi connectivity index (χ0v) is 16.8. The molecule has 0 spiro atoms. The molecule has 4 rings (SSSR count). The van der Waals surface area contributed by atoms with Crippen LogP contribution >= 0.6 is 11.6 Å². The van der Waals surface area contributed by atoms with Crippen LogP contribution in [0.2, 0.25) is 5.02 Å². The SMILES string of the molecule is COCC(F)(F)C1=NN=C2C=CC=C(c3ccc(Oc4ccc(Cl)cc4)cc3)N2C1. The van der Waals surface area contributed by atoms with Crippen molar-refractivity contribution in [2.45, 2.75) is 5.92 Å². The van der Waals surface area contributed by atoms with E-state index in [1.807, 2.05) is 36.4 Å². The van der Waals surface area contributed by atoms with Gasteiger partial charge in [-0.3, -0.25) is 0 Å². The fraction of sp³-hybridized carbons (Fsp3) is 0.182. The second-order valence-corrected chi connectivity index (χ2v) is 7.16. The summed E-state index contributed by atoms with van der Waals surface area (Å²) in [6.45, 7) is -0.815. The van der Waals surface area contributed by atoms with E-state index in [4.69, 9.17) is 16.3 Å². The van der Waals surface area contributed by atoms with Gasteiger partial charge in [0.05, 0.1) is 12.2 Å². The highest BCUT2D eigenvalue weighted by atomic mass is 35.5. The molecule has 2 aromatic carbocycles. The maximum atomic E-state index is 14.3. The Bertz CT molecular complexity index is 1050. The summed E-state index contributed by atoms with van der Waals surface area (Å²) in [6, 6.07) is 14.4. The number of alkyl halides is 2. The summed E-state index contributed by atoms with van der Waals surface area (Å²) in [5.74, 6) is -1.37. The third-order valence-corrected chi connectivity index (χ3v) is 4.85. The Kier molecular flexibility index (Phi) is 5.65. The second-order valence-electron chi connectivity index (χ2n) is 6.72. The van der Waals surface area contributed by atoms with E-state index in [-0.39, 0.29) is 12.3 Å². The first-order valence-corrected chi connectivity index (χ1v) is 9.55. The van der Waals surface area contributed by atoms with Crippen LogP contribution in [0.1, 0.15) is 5.56 Å². The van der Waals surface area contributed by atoms with E-state index in [0.29, 0.717) is 22.4 Å². The fourth-order valence-electron chi connectivity index (χ4n) is 3.11. The molecule has 0 fully saturated rings. The molecule has 2 aromatic rings. The second kappa shape index (κ2) is 8.38. The molecule has 154 valence electrons. The Morgan fingerprint density at radius 2 is 1.70 bits per heavy atom. The van der Waals surface area contributed by atoms with Gasteiger partial charge in [0.2, 0.25) is 0 Å².